The first-order valence-electron chi connectivity index (χ1n) is 5.17. The van der Waals surface area contributed by atoms with Gasteiger partial charge in [0.15, 0.2) is 9.84 Å². The van der Waals surface area contributed by atoms with Crippen LogP contribution in [0.4, 0.5) is 0 Å². The number of nitrogens with one attached hydrogen (secondary N) is 1. The van der Waals surface area contributed by atoms with Crippen LogP contribution in [0.5, 0.6) is 0 Å². The van der Waals surface area contributed by atoms with Crippen LogP contribution in [-0.4, -0.2) is 45.7 Å². The first kappa shape index (κ1) is 11.9. The fourth-order valence-electron chi connectivity index (χ4n) is 1.53. The summed E-state index contributed by atoms with van der Waals surface area (Å²) in [5, 5.41) is 3.17. The molecule has 0 amide bonds. The van der Waals surface area contributed by atoms with Crippen LogP contribution in [0, 0.1) is 0 Å². The Morgan fingerprint density at radius 1 is 1.43 bits per heavy atom. The molecular formula is C9H19NO3S. The summed E-state index contributed by atoms with van der Waals surface area (Å²) >= 11 is 0. The zero-order chi connectivity index (χ0) is 10.4. The van der Waals surface area contributed by atoms with Gasteiger partial charge in [0.05, 0.1) is 18.5 Å². The Kier molecular flexibility index (Phi) is 4.84. The molecule has 0 bridgehead atoms. The average molecular weight is 221 g/mol. The molecule has 0 radical (unpaired) electrons. The standard InChI is InChI=1S/C9H19NO3S/c1-2-6-14(11,12)7-5-13-9-3-4-10-8-9/h9-10H,2-8H2,1H3. The van der Waals surface area contributed by atoms with E-state index in [-0.39, 0.29) is 17.6 Å². The molecule has 5 heteroatoms. The first-order chi connectivity index (χ1) is 6.64. The molecule has 4 nitrogen and oxygen atoms in total. The largest absolute Gasteiger partial charge is 0.376 e. The van der Waals surface area contributed by atoms with Gasteiger partial charge in [-0.1, -0.05) is 6.92 Å². The molecular weight excluding hydrogens is 202 g/mol. The highest BCUT2D eigenvalue weighted by Crippen LogP contribution is 2.03. The zero-order valence-electron chi connectivity index (χ0n) is 8.66. The second-order valence-electron chi connectivity index (χ2n) is 3.64. The van der Waals surface area contributed by atoms with E-state index in [1.807, 2.05) is 6.92 Å². The van der Waals surface area contributed by atoms with Crippen molar-refractivity contribution in [2.75, 3.05) is 31.2 Å². The van der Waals surface area contributed by atoms with E-state index in [0.717, 1.165) is 19.5 Å². The van der Waals surface area contributed by atoms with Crippen LogP contribution in [-0.2, 0) is 14.6 Å². The van der Waals surface area contributed by atoms with Crippen molar-refractivity contribution < 1.29 is 13.2 Å². The van der Waals surface area contributed by atoms with Crippen LogP contribution in [0.15, 0.2) is 0 Å². The second-order valence-corrected chi connectivity index (χ2v) is 5.94. The van der Waals surface area contributed by atoms with Crippen LogP contribution < -0.4 is 5.32 Å². The molecule has 1 fully saturated rings. The van der Waals surface area contributed by atoms with E-state index in [2.05, 4.69) is 5.32 Å². The van der Waals surface area contributed by atoms with Gasteiger partial charge in [-0.3, -0.25) is 0 Å². The Morgan fingerprint density at radius 2 is 2.21 bits per heavy atom. The minimum atomic E-state index is -2.87. The summed E-state index contributed by atoms with van der Waals surface area (Å²) in [4.78, 5) is 0. The molecule has 1 aliphatic rings. The lowest BCUT2D eigenvalue weighted by Crippen LogP contribution is -2.22. The molecule has 1 heterocycles. The van der Waals surface area contributed by atoms with Gasteiger partial charge in [-0.25, -0.2) is 8.42 Å². The number of sulfone groups is 1. The van der Waals surface area contributed by atoms with Gasteiger partial charge in [0, 0.05) is 12.3 Å². The topological polar surface area (TPSA) is 55.4 Å². The smallest absolute Gasteiger partial charge is 0.152 e. The summed E-state index contributed by atoms with van der Waals surface area (Å²) in [6.07, 6.45) is 1.90. The molecule has 0 aromatic heterocycles. The fourth-order valence-corrected chi connectivity index (χ4v) is 2.70. The van der Waals surface area contributed by atoms with Crippen LogP contribution in [0.1, 0.15) is 19.8 Å². The van der Waals surface area contributed by atoms with Crippen molar-refractivity contribution in [3.8, 4) is 0 Å². The minimum Gasteiger partial charge on any atom is -0.376 e. The molecule has 1 atom stereocenters. The lowest BCUT2D eigenvalue weighted by Gasteiger charge is -2.10. The third kappa shape index (κ3) is 4.39. The van der Waals surface area contributed by atoms with Crippen molar-refractivity contribution in [3.05, 3.63) is 0 Å². The van der Waals surface area contributed by atoms with Crippen LogP contribution in [0.3, 0.4) is 0 Å². The highest BCUT2D eigenvalue weighted by atomic mass is 32.2. The van der Waals surface area contributed by atoms with Gasteiger partial charge < -0.3 is 10.1 Å². The molecule has 0 spiro atoms. The van der Waals surface area contributed by atoms with Crippen molar-refractivity contribution in [3.63, 3.8) is 0 Å². The lowest BCUT2D eigenvalue weighted by molar-refractivity contribution is 0.0788. The van der Waals surface area contributed by atoms with Gasteiger partial charge in [0.2, 0.25) is 0 Å². The maximum atomic E-state index is 11.3. The molecule has 1 unspecified atom stereocenters. The quantitative estimate of drug-likeness (QED) is 0.695. The Hall–Kier alpha value is -0.130. The second kappa shape index (κ2) is 5.68. The summed E-state index contributed by atoms with van der Waals surface area (Å²) in [5.41, 5.74) is 0. The normalized spacial score (nSPS) is 22.8. The molecule has 14 heavy (non-hydrogen) atoms. The SMILES string of the molecule is CCCS(=O)(=O)CCOC1CCNC1. The summed E-state index contributed by atoms with van der Waals surface area (Å²) in [5.74, 6) is 0.441. The third-order valence-corrected chi connectivity index (χ3v) is 4.10. The van der Waals surface area contributed by atoms with Crippen LogP contribution in [0.25, 0.3) is 0 Å². The molecule has 0 saturated carbocycles. The summed E-state index contributed by atoms with van der Waals surface area (Å²) < 4.78 is 28.1. The van der Waals surface area contributed by atoms with E-state index in [1.165, 1.54) is 0 Å². The predicted octanol–water partition coefficient (Wildman–Crippen LogP) is 0.190. The van der Waals surface area contributed by atoms with E-state index in [0.29, 0.717) is 13.0 Å². The van der Waals surface area contributed by atoms with Gasteiger partial charge in [-0.15, -0.1) is 0 Å². The average Bonchev–Trinajstić information content (AvgIpc) is 2.56. The Morgan fingerprint density at radius 3 is 2.79 bits per heavy atom. The highest BCUT2D eigenvalue weighted by molar-refractivity contribution is 7.91. The van der Waals surface area contributed by atoms with E-state index >= 15 is 0 Å². The van der Waals surface area contributed by atoms with Gasteiger partial charge in [0.25, 0.3) is 0 Å². The molecule has 0 aromatic rings. The minimum absolute atomic E-state index is 0.164. The number of hydrogen-bond donors (Lipinski definition) is 1. The van der Waals surface area contributed by atoms with E-state index < -0.39 is 9.84 Å². The van der Waals surface area contributed by atoms with Crippen molar-refractivity contribution in [1.82, 2.24) is 5.32 Å². The Labute approximate surface area is 85.9 Å². The number of ether oxygens (including phenoxy) is 1. The van der Waals surface area contributed by atoms with Gasteiger partial charge >= 0.3 is 0 Å². The fraction of sp³-hybridized carbons (Fsp3) is 1.00. The van der Waals surface area contributed by atoms with Crippen LogP contribution in [0.2, 0.25) is 0 Å². The monoisotopic (exact) mass is 221 g/mol. The molecule has 0 aromatic carbocycles. The van der Waals surface area contributed by atoms with Crippen molar-refractivity contribution in [2.24, 2.45) is 0 Å². The molecule has 1 saturated heterocycles. The van der Waals surface area contributed by atoms with Crippen molar-refractivity contribution in [2.45, 2.75) is 25.9 Å². The van der Waals surface area contributed by atoms with Crippen molar-refractivity contribution in [1.29, 1.82) is 0 Å². The molecule has 1 N–H and O–H groups in total. The zero-order valence-corrected chi connectivity index (χ0v) is 9.48. The summed E-state index contributed by atoms with van der Waals surface area (Å²) in [6.45, 7) is 4.05. The number of hydrogen-bond acceptors (Lipinski definition) is 4. The molecule has 0 aliphatic carbocycles. The van der Waals surface area contributed by atoms with E-state index in [9.17, 15) is 8.42 Å². The maximum absolute atomic E-state index is 11.3. The van der Waals surface area contributed by atoms with E-state index in [4.69, 9.17) is 4.74 Å². The summed E-state index contributed by atoms with van der Waals surface area (Å²) in [6, 6.07) is 0. The van der Waals surface area contributed by atoms with Gasteiger partial charge in [-0.05, 0) is 19.4 Å². The van der Waals surface area contributed by atoms with Gasteiger partial charge in [0.1, 0.15) is 0 Å². The molecule has 84 valence electrons. The Balaban J connectivity index is 2.13. The van der Waals surface area contributed by atoms with Crippen LogP contribution >= 0.6 is 0 Å². The first-order valence-corrected chi connectivity index (χ1v) is 6.99. The molecule has 1 rings (SSSR count). The summed E-state index contributed by atoms with van der Waals surface area (Å²) in [7, 11) is -2.87. The highest BCUT2D eigenvalue weighted by Gasteiger charge is 2.16. The number of rotatable bonds is 6. The predicted molar refractivity (Wildman–Crippen MR) is 56.2 cm³/mol. The molecule has 1 aliphatic heterocycles. The van der Waals surface area contributed by atoms with E-state index in [1.54, 1.807) is 0 Å². The van der Waals surface area contributed by atoms with Crippen molar-refractivity contribution >= 4 is 9.84 Å². The maximum Gasteiger partial charge on any atom is 0.152 e. The van der Waals surface area contributed by atoms with Gasteiger partial charge in [-0.2, -0.15) is 0 Å². The third-order valence-electron chi connectivity index (χ3n) is 2.28. The lowest BCUT2D eigenvalue weighted by atomic mass is 10.3. The Bertz CT molecular complexity index is 245.